The van der Waals surface area contributed by atoms with Crippen LogP contribution in [-0.4, -0.2) is 20.0 Å². The van der Waals surface area contributed by atoms with Gasteiger partial charge in [0.05, 0.1) is 23.7 Å². The quantitative estimate of drug-likeness (QED) is 0.840. The molecule has 0 unspecified atom stereocenters. The molecule has 0 saturated carbocycles. The zero-order chi connectivity index (χ0) is 16.3. The fourth-order valence-corrected chi connectivity index (χ4v) is 3.89. The van der Waals surface area contributed by atoms with Crippen molar-refractivity contribution < 1.29 is 13.2 Å². The van der Waals surface area contributed by atoms with E-state index in [1.807, 2.05) is 13.8 Å². The van der Waals surface area contributed by atoms with Crippen LogP contribution < -0.4 is 15.2 Å². The van der Waals surface area contributed by atoms with Crippen LogP contribution in [0.25, 0.3) is 0 Å². The number of nitrogens with two attached hydrogens (primary N) is 1. The first-order valence-electron chi connectivity index (χ1n) is 6.77. The fourth-order valence-electron chi connectivity index (χ4n) is 2.01. The molecule has 0 atom stereocenters. The lowest BCUT2D eigenvalue weighted by Gasteiger charge is -2.13. The van der Waals surface area contributed by atoms with Crippen LogP contribution in [0.5, 0.6) is 5.75 Å². The van der Waals surface area contributed by atoms with Gasteiger partial charge in [-0.2, -0.15) is 0 Å². The zero-order valence-corrected chi connectivity index (χ0v) is 14.3. The zero-order valence-electron chi connectivity index (χ0n) is 12.7. The van der Waals surface area contributed by atoms with Crippen molar-refractivity contribution in [3.8, 4) is 5.75 Å². The lowest BCUT2D eigenvalue weighted by molar-refractivity contribution is 0.337. The van der Waals surface area contributed by atoms with Crippen molar-refractivity contribution in [1.29, 1.82) is 0 Å². The van der Waals surface area contributed by atoms with Crippen LogP contribution >= 0.6 is 11.3 Å². The molecule has 3 N–H and O–H groups in total. The monoisotopic (exact) mass is 341 g/mol. The number of ether oxygens (including phenoxy) is 1. The number of aryl methyl sites for hydroxylation is 2. The summed E-state index contributed by atoms with van der Waals surface area (Å²) in [5.41, 5.74) is 7.56. The minimum absolute atomic E-state index is 0.113. The van der Waals surface area contributed by atoms with Crippen LogP contribution in [0, 0.1) is 13.8 Å². The molecule has 1 aromatic heterocycles. The third kappa shape index (κ3) is 3.76. The Kier molecular flexibility index (Phi) is 5.05. The standard InChI is InChI=1S/C14H19N3O3S2/c1-4-20-12-5-10(3)13(6-9(12)2)22(18,19)16-7-11-8-21-14(15)17-11/h5-6,8,16H,4,7H2,1-3H3,(H2,15,17). The van der Waals surface area contributed by atoms with E-state index < -0.39 is 10.0 Å². The van der Waals surface area contributed by atoms with Crippen molar-refractivity contribution in [2.75, 3.05) is 12.3 Å². The maximum absolute atomic E-state index is 12.4. The molecule has 0 bridgehead atoms. The van der Waals surface area contributed by atoms with E-state index >= 15 is 0 Å². The summed E-state index contributed by atoms with van der Waals surface area (Å²) in [5.74, 6) is 0.700. The number of rotatable bonds is 6. The SMILES string of the molecule is CCOc1cc(C)c(S(=O)(=O)NCc2csc(N)n2)cc1C. The van der Waals surface area contributed by atoms with Gasteiger partial charge in [0.1, 0.15) is 5.75 Å². The number of benzene rings is 1. The number of anilines is 1. The van der Waals surface area contributed by atoms with Crippen LogP contribution in [0.3, 0.4) is 0 Å². The predicted octanol–water partition coefficient (Wildman–Crippen LogP) is 2.22. The first kappa shape index (κ1) is 16.7. The summed E-state index contributed by atoms with van der Waals surface area (Å²) >= 11 is 1.28. The molecular weight excluding hydrogens is 322 g/mol. The van der Waals surface area contributed by atoms with E-state index in [9.17, 15) is 8.42 Å². The van der Waals surface area contributed by atoms with Crippen LogP contribution in [0.2, 0.25) is 0 Å². The first-order chi connectivity index (χ1) is 10.3. The maximum Gasteiger partial charge on any atom is 0.241 e. The molecule has 0 saturated heterocycles. The highest BCUT2D eigenvalue weighted by Gasteiger charge is 2.19. The summed E-state index contributed by atoms with van der Waals surface area (Å²) in [5, 5.41) is 2.15. The largest absolute Gasteiger partial charge is 0.494 e. The highest BCUT2D eigenvalue weighted by atomic mass is 32.2. The van der Waals surface area contributed by atoms with Crippen molar-refractivity contribution >= 4 is 26.5 Å². The average molecular weight is 341 g/mol. The Bertz CT molecular complexity index is 770. The molecule has 0 amide bonds. The third-order valence-electron chi connectivity index (χ3n) is 3.07. The van der Waals surface area contributed by atoms with Gasteiger partial charge in [-0.3, -0.25) is 0 Å². The maximum atomic E-state index is 12.4. The summed E-state index contributed by atoms with van der Waals surface area (Å²) in [4.78, 5) is 4.28. The average Bonchev–Trinajstić information content (AvgIpc) is 2.86. The molecule has 2 rings (SSSR count). The Labute approximate surface area is 134 Å². The molecule has 0 radical (unpaired) electrons. The first-order valence-corrected chi connectivity index (χ1v) is 9.13. The van der Waals surface area contributed by atoms with E-state index in [-0.39, 0.29) is 11.4 Å². The molecule has 8 heteroatoms. The molecule has 1 heterocycles. The lowest BCUT2D eigenvalue weighted by Crippen LogP contribution is -2.24. The van der Waals surface area contributed by atoms with E-state index in [0.29, 0.717) is 28.7 Å². The van der Waals surface area contributed by atoms with E-state index in [1.165, 1.54) is 11.3 Å². The molecule has 22 heavy (non-hydrogen) atoms. The van der Waals surface area contributed by atoms with Crippen molar-refractivity contribution in [1.82, 2.24) is 9.71 Å². The van der Waals surface area contributed by atoms with Gasteiger partial charge in [0, 0.05) is 5.38 Å². The second-order valence-corrected chi connectivity index (χ2v) is 7.44. The number of nitrogen functional groups attached to an aromatic ring is 1. The summed E-state index contributed by atoms with van der Waals surface area (Å²) in [6, 6.07) is 3.37. The molecular formula is C14H19N3O3S2. The van der Waals surface area contributed by atoms with Crippen molar-refractivity contribution in [2.45, 2.75) is 32.2 Å². The molecule has 120 valence electrons. The molecule has 0 fully saturated rings. The van der Waals surface area contributed by atoms with Gasteiger partial charge < -0.3 is 10.5 Å². The number of nitrogens with one attached hydrogen (secondary N) is 1. The van der Waals surface area contributed by atoms with Gasteiger partial charge >= 0.3 is 0 Å². The number of hydrogen-bond acceptors (Lipinski definition) is 6. The minimum Gasteiger partial charge on any atom is -0.494 e. The van der Waals surface area contributed by atoms with Gasteiger partial charge in [-0.05, 0) is 44.0 Å². The summed E-state index contributed by atoms with van der Waals surface area (Å²) in [6.07, 6.45) is 0. The molecule has 0 aliphatic rings. The highest BCUT2D eigenvalue weighted by molar-refractivity contribution is 7.89. The van der Waals surface area contributed by atoms with Gasteiger partial charge in [0.25, 0.3) is 0 Å². The highest BCUT2D eigenvalue weighted by Crippen LogP contribution is 2.26. The van der Waals surface area contributed by atoms with Crippen LogP contribution in [0.4, 0.5) is 5.13 Å². The summed E-state index contributed by atoms with van der Waals surface area (Å²) in [7, 11) is -3.62. The number of sulfonamides is 1. The van der Waals surface area contributed by atoms with E-state index in [0.717, 1.165) is 5.56 Å². The fraction of sp³-hybridized carbons (Fsp3) is 0.357. The Morgan fingerprint density at radius 1 is 1.32 bits per heavy atom. The second-order valence-electron chi connectivity index (χ2n) is 4.82. The molecule has 1 aromatic carbocycles. The van der Waals surface area contributed by atoms with E-state index in [4.69, 9.17) is 10.5 Å². The van der Waals surface area contributed by atoms with Crippen LogP contribution in [0.1, 0.15) is 23.7 Å². The molecule has 0 spiro atoms. The number of hydrogen-bond donors (Lipinski definition) is 2. The van der Waals surface area contributed by atoms with E-state index in [2.05, 4.69) is 9.71 Å². The Hall–Kier alpha value is -1.64. The second kappa shape index (κ2) is 6.64. The molecule has 6 nitrogen and oxygen atoms in total. The Morgan fingerprint density at radius 2 is 2.05 bits per heavy atom. The number of nitrogens with zero attached hydrogens (tertiary/aromatic N) is 1. The van der Waals surface area contributed by atoms with Crippen molar-refractivity contribution in [3.05, 3.63) is 34.3 Å². The lowest BCUT2D eigenvalue weighted by atomic mass is 10.1. The molecule has 2 aromatic rings. The third-order valence-corrected chi connectivity index (χ3v) is 5.34. The van der Waals surface area contributed by atoms with E-state index in [1.54, 1.807) is 24.4 Å². The van der Waals surface area contributed by atoms with Crippen molar-refractivity contribution in [2.24, 2.45) is 0 Å². The van der Waals surface area contributed by atoms with Crippen LogP contribution in [0.15, 0.2) is 22.4 Å². The van der Waals surface area contributed by atoms with Crippen LogP contribution in [-0.2, 0) is 16.6 Å². The molecule has 0 aliphatic carbocycles. The van der Waals surface area contributed by atoms with Gasteiger partial charge in [-0.1, -0.05) is 0 Å². The number of aromatic nitrogens is 1. The minimum atomic E-state index is -3.62. The van der Waals surface area contributed by atoms with Crippen molar-refractivity contribution in [3.63, 3.8) is 0 Å². The van der Waals surface area contributed by atoms with Gasteiger partial charge in [0.15, 0.2) is 5.13 Å². The number of thiazole rings is 1. The Morgan fingerprint density at radius 3 is 2.64 bits per heavy atom. The Balaban J connectivity index is 2.23. The smallest absolute Gasteiger partial charge is 0.241 e. The summed E-state index contributed by atoms with van der Waals surface area (Å²) in [6.45, 7) is 6.11. The normalized spacial score (nSPS) is 11.6. The predicted molar refractivity (Wildman–Crippen MR) is 87.6 cm³/mol. The topological polar surface area (TPSA) is 94.3 Å². The summed E-state index contributed by atoms with van der Waals surface area (Å²) < 4.78 is 32.9. The van der Waals surface area contributed by atoms with Gasteiger partial charge in [0.2, 0.25) is 10.0 Å². The van der Waals surface area contributed by atoms with Gasteiger partial charge in [-0.15, -0.1) is 11.3 Å². The molecule has 0 aliphatic heterocycles. The van der Waals surface area contributed by atoms with Gasteiger partial charge in [-0.25, -0.2) is 18.1 Å².